The van der Waals surface area contributed by atoms with E-state index >= 15 is 0 Å². The molecule has 0 amide bonds. The van der Waals surface area contributed by atoms with Gasteiger partial charge < -0.3 is 9.26 Å². The summed E-state index contributed by atoms with van der Waals surface area (Å²) in [6.07, 6.45) is 0.533. The first-order valence-corrected chi connectivity index (χ1v) is 7.29. The van der Waals surface area contributed by atoms with Crippen LogP contribution < -0.4 is 5.30 Å². The first kappa shape index (κ1) is 13.9. The summed E-state index contributed by atoms with van der Waals surface area (Å²) in [6.45, 7) is 2.29. The smallest absolute Gasteiger partial charge is 0.315 e. The van der Waals surface area contributed by atoms with Gasteiger partial charge in [0.2, 0.25) is 7.37 Å². The zero-order valence-corrected chi connectivity index (χ0v) is 11.0. The molecule has 0 aliphatic carbocycles. The van der Waals surface area contributed by atoms with Crippen LogP contribution in [-0.2, 0) is 18.6 Å². The largest absolute Gasteiger partial charge is 0.469 e. The molecule has 0 saturated heterocycles. The lowest BCUT2D eigenvalue weighted by atomic mass is 10.4. The minimum absolute atomic E-state index is 0.215. The highest BCUT2D eigenvalue weighted by molar-refractivity contribution is 7.67. The maximum Gasteiger partial charge on any atom is 0.315 e. The fraction of sp³-hybridized carbons (Fsp3) is 0.417. The molecule has 0 aromatic heterocycles. The standard InChI is InChI=1S/C12H17O4P/c1-3-9-16-17(14,10-12(13)15-2)11-7-5-4-6-8-11/h4-8H,3,9-10H2,1-2H3. The molecule has 0 radical (unpaired) electrons. The lowest BCUT2D eigenvalue weighted by Crippen LogP contribution is -2.17. The number of benzene rings is 1. The van der Waals surface area contributed by atoms with E-state index in [1.807, 2.05) is 13.0 Å². The van der Waals surface area contributed by atoms with E-state index in [2.05, 4.69) is 4.74 Å². The zero-order chi connectivity index (χ0) is 12.7. The molecule has 0 N–H and O–H groups in total. The van der Waals surface area contributed by atoms with Crippen molar-refractivity contribution in [3.05, 3.63) is 30.3 Å². The summed E-state index contributed by atoms with van der Waals surface area (Å²) < 4.78 is 22.6. The maximum absolute atomic E-state index is 12.6. The summed E-state index contributed by atoms with van der Waals surface area (Å²) in [6, 6.07) is 8.79. The van der Waals surface area contributed by atoms with E-state index in [0.29, 0.717) is 11.9 Å². The molecule has 4 nitrogen and oxygen atoms in total. The lowest BCUT2D eigenvalue weighted by molar-refractivity contribution is -0.137. The second-order valence-corrected chi connectivity index (χ2v) is 6.01. The Balaban J connectivity index is 2.94. The summed E-state index contributed by atoms with van der Waals surface area (Å²) in [7, 11) is -1.86. The molecule has 1 aromatic carbocycles. The number of carbonyl (C=O) groups excluding carboxylic acids is 1. The molecule has 0 saturated carbocycles. The second-order valence-electron chi connectivity index (χ2n) is 3.58. The molecule has 0 aliphatic rings. The Labute approximate surface area is 101 Å². The number of esters is 1. The van der Waals surface area contributed by atoms with Crippen LogP contribution in [0.1, 0.15) is 13.3 Å². The minimum atomic E-state index is -3.14. The van der Waals surface area contributed by atoms with Crippen molar-refractivity contribution in [1.29, 1.82) is 0 Å². The van der Waals surface area contributed by atoms with Crippen LogP contribution in [0.25, 0.3) is 0 Å². The number of rotatable bonds is 6. The number of ether oxygens (including phenoxy) is 1. The molecule has 0 spiro atoms. The first-order valence-electron chi connectivity index (χ1n) is 5.48. The van der Waals surface area contributed by atoms with Crippen molar-refractivity contribution in [2.24, 2.45) is 0 Å². The summed E-state index contributed by atoms with van der Waals surface area (Å²) in [5, 5.41) is 0.554. The molecule has 1 aromatic rings. The highest BCUT2D eigenvalue weighted by Gasteiger charge is 2.29. The van der Waals surface area contributed by atoms with Gasteiger partial charge in [-0.05, 0) is 18.6 Å². The fourth-order valence-corrected chi connectivity index (χ4v) is 3.34. The summed E-state index contributed by atoms with van der Waals surface area (Å²) in [4.78, 5) is 11.3. The van der Waals surface area contributed by atoms with E-state index in [1.54, 1.807) is 24.3 Å². The second kappa shape index (κ2) is 6.58. The van der Waals surface area contributed by atoms with Crippen LogP contribution in [0.4, 0.5) is 0 Å². The Hall–Kier alpha value is -1.12. The topological polar surface area (TPSA) is 52.6 Å². The van der Waals surface area contributed by atoms with Crippen molar-refractivity contribution in [2.75, 3.05) is 19.9 Å². The lowest BCUT2D eigenvalue weighted by Gasteiger charge is -2.17. The normalized spacial score (nSPS) is 14.0. The Bertz CT molecular complexity index is 402. The molecule has 1 rings (SSSR count). The van der Waals surface area contributed by atoms with Gasteiger partial charge in [0.15, 0.2) is 0 Å². The van der Waals surface area contributed by atoms with E-state index in [0.717, 1.165) is 6.42 Å². The summed E-state index contributed by atoms with van der Waals surface area (Å²) in [5.74, 6) is -0.520. The van der Waals surface area contributed by atoms with E-state index < -0.39 is 13.3 Å². The third-order valence-electron chi connectivity index (χ3n) is 2.22. The third kappa shape index (κ3) is 3.99. The van der Waals surface area contributed by atoms with Crippen LogP contribution in [0, 0.1) is 0 Å². The van der Waals surface area contributed by atoms with Gasteiger partial charge in [-0.25, -0.2) is 0 Å². The van der Waals surface area contributed by atoms with Gasteiger partial charge in [-0.15, -0.1) is 0 Å². The van der Waals surface area contributed by atoms with Crippen LogP contribution in [0.3, 0.4) is 0 Å². The number of methoxy groups -OCH3 is 1. The molecule has 5 heteroatoms. The minimum Gasteiger partial charge on any atom is -0.469 e. The Morgan fingerprint density at radius 1 is 1.29 bits per heavy atom. The molecule has 0 aliphatic heterocycles. The average Bonchev–Trinajstić information content (AvgIpc) is 2.37. The van der Waals surface area contributed by atoms with Crippen molar-refractivity contribution in [1.82, 2.24) is 0 Å². The Morgan fingerprint density at radius 3 is 2.47 bits per heavy atom. The predicted molar refractivity (Wildman–Crippen MR) is 66.8 cm³/mol. The van der Waals surface area contributed by atoms with Crippen molar-refractivity contribution >= 4 is 18.6 Å². The van der Waals surface area contributed by atoms with Gasteiger partial charge in [-0.1, -0.05) is 25.1 Å². The van der Waals surface area contributed by atoms with E-state index in [-0.39, 0.29) is 6.16 Å². The average molecular weight is 256 g/mol. The van der Waals surface area contributed by atoms with Gasteiger partial charge in [-0.3, -0.25) is 9.36 Å². The van der Waals surface area contributed by atoms with Crippen molar-refractivity contribution in [3.63, 3.8) is 0 Å². The van der Waals surface area contributed by atoms with Crippen molar-refractivity contribution in [3.8, 4) is 0 Å². The Kier molecular flexibility index (Phi) is 5.39. The quantitative estimate of drug-likeness (QED) is 0.578. The molecule has 1 unspecified atom stereocenters. The molecule has 94 valence electrons. The van der Waals surface area contributed by atoms with Crippen molar-refractivity contribution < 1.29 is 18.6 Å². The van der Waals surface area contributed by atoms with E-state index in [4.69, 9.17) is 4.52 Å². The van der Waals surface area contributed by atoms with Gasteiger partial charge in [0.25, 0.3) is 0 Å². The maximum atomic E-state index is 12.6. The number of hydrogen-bond donors (Lipinski definition) is 0. The van der Waals surface area contributed by atoms with Crippen LogP contribution in [0.5, 0.6) is 0 Å². The predicted octanol–water partition coefficient (Wildman–Crippen LogP) is 2.19. The van der Waals surface area contributed by atoms with Crippen LogP contribution in [0.15, 0.2) is 30.3 Å². The highest BCUT2D eigenvalue weighted by atomic mass is 31.2. The summed E-state index contributed by atoms with van der Waals surface area (Å²) >= 11 is 0. The first-order chi connectivity index (χ1) is 8.12. The van der Waals surface area contributed by atoms with Gasteiger partial charge in [0.05, 0.1) is 13.7 Å². The number of carbonyl (C=O) groups is 1. The molecular formula is C12H17O4P. The SMILES string of the molecule is CCCOP(=O)(CC(=O)OC)c1ccccc1. The number of hydrogen-bond acceptors (Lipinski definition) is 4. The van der Waals surface area contributed by atoms with Crippen LogP contribution in [-0.4, -0.2) is 25.8 Å². The molecular weight excluding hydrogens is 239 g/mol. The van der Waals surface area contributed by atoms with E-state index in [9.17, 15) is 9.36 Å². The van der Waals surface area contributed by atoms with Gasteiger partial charge >= 0.3 is 5.97 Å². The van der Waals surface area contributed by atoms with E-state index in [1.165, 1.54) is 7.11 Å². The molecule has 17 heavy (non-hydrogen) atoms. The Morgan fingerprint density at radius 2 is 1.94 bits per heavy atom. The summed E-state index contributed by atoms with van der Waals surface area (Å²) in [5.41, 5.74) is 0. The van der Waals surface area contributed by atoms with Crippen LogP contribution in [0.2, 0.25) is 0 Å². The fourth-order valence-electron chi connectivity index (χ4n) is 1.34. The molecule has 0 fully saturated rings. The van der Waals surface area contributed by atoms with Crippen molar-refractivity contribution in [2.45, 2.75) is 13.3 Å². The van der Waals surface area contributed by atoms with Gasteiger partial charge in [-0.2, -0.15) is 0 Å². The third-order valence-corrected chi connectivity index (χ3v) is 4.58. The van der Waals surface area contributed by atoms with Crippen LogP contribution >= 0.6 is 7.37 Å². The zero-order valence-electron chi connectivity index (χ0n) is 10.1. The molecule has 0 heterocycles. The monoisotopic (exact) mass is 256 g/mol. The van der Waals surface area contributed by atoms with Gasteiger partial charge in [0, 0.05) is 5.30 Å². The molecule has 1 atom stereocenters. The highest BCUT2D eigenvalue weighted by Crippen LogP contribution is 2.45. The van der Waals surface area contributed by atoms with Gasteiger partial charge in [0.1, 0.15) is 6.16 Å². The molecule has 0 bridgehead atoms.